The van der Waals surface area contributed by atoms with Crippen molar-refractivity contribution in [2.75, 3.05) is 13.1 Å². The third-order valence-corrected chi connectivity index (χ3v) is 7.25. The number of rotatable bonds is 8. The van der Waals surface area contributed by atoms with Crippen LogP contribution in [0.4, 0.5) is 0 Å². The number of amides is 1. The van der Waals surface area contributed by atoms with Crippen molar-refractivity contribution in [3.8, 4) is 11.4 Å². The molecular formula is C22H25N5O4S. The predicted octanol–water partition coefficient (Wildman–Crippen LogP) is 2.56. The van der Waals surface area contributed by atoms with Gasteiger partial charge in [-0.15, -0.1) is 0 Å². The highest BCUT2D eigenvalue weighted by Crippen LogP contribution is 2.21. The number of piperidine rings is 1. The van der Waals surface area contributed by atoms with Gasteiger partial charge in [0.25, 0.3) is 0 Å². The van der Waals surface area contributed by atoms with Crippen LogP contribution in [0.15, 0.2) is 58.2 Å². The van der Waals surface area contributed by atoms with Crippen molar-refractivity contribution >= 4 is 15.9 Å². The average Bonchev–Trinajstić information content (AvgIpc) is 3.32. The first-order chi connectivity index (χ1) is 15.5. The van der Waals surface area contributed by atoms with Crippen LogP contribution in [-0.2, 0) is 27.8 Å². The van der Waals surface area contributed by atoms with Crippen molar-refractivity contribution in [3.63, 3.8) is 0 Å². The van der Waals surface area contributed by atoms with Crippen LogP contribution in [0.3, 0.4) is 0 Å². The molecule has 0 unspecified atom stereocenters. The number of sulfonamides is 1. The van der Waals surface area contributed by atoms with Gasteiger partial charge in [0, 0.05) is 50.4 Å². The van der Waals surface area contributed by atoms with Gasteiger partial charge >= 0.3 is 0 Å². The van der Waals surface area contributed by atoms with Gasteiger partial charge in [0.1, 0.15) is 0 Å². The standard InChI is InChI=1S/C22H25N5O4S/c28-20(8-9-21-25-22(26-31-21)18-10-12-23-13-11-18)24-16-17-4-6-19(7-5-17)32(29,30)27-14-2-1-3-15-27/h4-7,10-13H,1-3,8-9,14-16H2,(H,24,28). The Bertz CT molecular complexity index is 1140. The van der Waals surface area contributed by atoms with Gasteiger partial charge in [-0.05, 0) is 42.7 Å². The summed E-state index contributed by atoms with van der Waals surface area (Å²) >= 11 is 0. The molecule has 0 spiro atoms. The molecule has 1 aliphatic heterocycles. The van der Waals surface area contributed by atoms with Crippen LogP contribution >= 0.6 is 0 Å². The van der Waals surface area contributed by atoms with Crippen molar-refractivity contribution in [1.82, 2.24) is 24.7 Å². The summed E-state index contributed by atoms with van der Waals surface area (Å²) in [4.78, 5) is 20.7. The number of carbonyl (C=O) groups excluding carboxylic acids is 1. The van der Waals surface area contributed by atoms with Gasteiger partial charge in [0.05, 0.1) is 4.90 Å². The van der Waals surface area contributed by atoms with E-state index < -0.39 is 10.0 Å². The molecule has 3 aromatic rings. The van der Waals surface area contributed by atoms with Crippen LogP contribution < -0.4 is 5.32 Å². The minimum atomic E-state index is -3.45. The largest absolute Gasteiger partial charge is 0.352 e. The third kappa shape index (κ3) is 5.38. The molecule has 1 N–H and O–H groups in total. The summed E-state index contributed by atoms with van der Waals surface area (Å²) in [6.07, 6.45) is 6.71. The molecular weight excluding hydrogens is 430 g/mol. The summed E-state index contributed by atoms with van der Waals surface area (Å²) in [5, 5.41) is 6.75. The van der Waals surface area contributed by atoms with E-state index in [0.29, 0.717) is 37.8 Å². The molecule has 0 aliphatic carbocycles. The molecule has 1 amide bonds. The van der Waals surface area contributed by atoms with Crippen molar-refractivity contribution in [2.45, 2.75) is 43.5 Å². The molecule has 32 heavy (non-hydrogen) atoms. The lowest BCUT2D eigenvalue weighted by Crippen LogP contribution is -2.35. The zero-order valence-electron chi connectivity index (χ0n) is 17.6. The number of pyridine rings is 1. The van der Waals surface area contributed by atoms with Crippen LogP contribution in [0.1, 0.15) is 37.1 Å². The minimum Gasteiger partial charge on any atom is -0.352 e. The summed E-state index contributed by atoms with van der Waals surface area (Å²) in [5.74, 6) is 0.695. The van der Waals surface area contributed by atoms with Gasteiger partial charge in [0.2, 0.25) is 27.6 Å². The van der Waals surface area contributed by atoms with E-state index in [2.05, 4.69) is 20.4 Å². The van der Waals surface area contributed by atoms with Crippen molar-refractivity contribution in [2.24, 2.45) is 0 Å². The molecule has 3 heterocycles. The van der Waals surface area contributed by atoms with Gasteiger partial charge < -0.3 is 9.84 Å². The lowest BCUT2D eigenvalue weighted by atomic mass is 10.2. The lowest BCUT2D eigenvalue weighted by molar-refractivity contribution is -0.121. The van der Waals surface area contributed by atoms with Crippen molar-refractivity contribution in [1.29, 1.82) is 0 Å². The van der Waals surface area contributed by atoms with Crippen LogP contribution in [0.25, 0.3) is 11.4 Å². The topological polar surface area (TPSA) is 118 Å². The fourth-order valence-electron chi connectivity index (χ4n) is 3.52. The number of benzene rings is 1. The number of carbonyl (C=O) groups is 1. The highest BCUT2D eigenvalue weighted by molar-refractivity contribution is 7.89. The first-order valence-electron chi connectivity index (χ1n) is 10.6. The molecule has 1 saturated heterocycles. The molecule has 0 atom stereocenters. The molecule has 1 fully saturated rings. The smallest absolute Gasteiger partial charge is 0.243 e. The van der Waals surface area contributed by atoms with E-state index in [1.807, 2.05) is 0 Å². The van der Waals surface area contributed by atoms with Crippen LogP contribution in [0.5, 0.6) is 0 Å². The van der Waals surface area contributed by atoms with Crippen molar-refractivity contribution < 1.29 is 17.7 Å². The van der Waals surface area contributed by atoms with Crippen LogP contribution in [0.2, 0.25) is 0 Å². The fourth-order valence-corrected chi connectivity index (χ4v) is 5.03. The predicted molar refractivity (Wildman–Crippen MR) is 117 cm³/mol. The van der Waals surface area contributed by atoms with Gasteiger partial charge in [0.15, 0.2) is 0 Å². The maximum atomic E-state index is 12.7. The number of aromatic nitrogens is 3. The zero-order valence-corrected chi connectivity index (χ0v) is 18.4. The molecule has 0 bridgehead atoms. The second kappa shape index (κ2) is 10.0. The van der Waals surface area contributed by atoms with Crippen LogP contribution in [-0.4, -0.2) is 46.8 Å². The third-order valence-electron chi connectivity index (χ3n) is 5.34. The first-order valence-corrected chi connectivity index (χ1v) is 12.1. The van der Waals surface area contributed by atoms with Gasteiger partial charge in [-0.3, -0.25) is 9.78 Å². The number of aryl methyl sites for hydroxylation is 1. The number of hydrogen-bond acceptors (Lipinski definition) is 7. The summed E-state index contributed by atoms with van der Waals surface area (Å²) in [6, 6.07) is 10.2. The second-order valence-corrected chi connectivity index (χ2v) is 9.57. The quantitative estimate of drug-likeness (QED) is 0.554. The van der Waals surface area contributed by atoms with E-state index in [0.717, 1.165) is 30.4 Å². The number of hydrogen-bond donors (Lipinski definition) is 1. The van der Waals surface area contributed by atoms with E-state index >= 15 is 0 Å². The Balaban J connectivity index is 1.26. The number of nitrogens with one attached hydrogen (secondary N) is 1. The van der Waals surface area contributed by atoms with E-state index in [4.69, 9.17) is 4.52 Å². The molecule has 168 valence electrons. The Morgan fingerprint density at radius 2 is 1.75 bits per heavy atom. The molecule has 4 rings (SSSR count). The van der Waals surface area contributed by atoms with E-state index in [1.54, 1.807) is 53.1 Å². The normalized spacial score (nSPS) is 14.9. The average molecular weight is 456 g/mol. The zero-order chi connectivity index (χ0) is 22.4. The van der Waals surface area contributed by atoms with Crippen molar-refractivity contribution in [3.05, 3.63) is 60.2 Å². The van der Waals surface area contributed by atoms with E-state index in [-0.39, 0.29) is 17.2 Å². The molecule has 2 aromatic heterocycles. The number of nitrogens with zero attached hydrogens (tertiary/aromatic N) is 4. The molecule has 10 heteroatoms. The monoisotopic (exact) mass is 455 g/mol. The first kappa shape index (κ1) is 22.1. The van der Waals surface area contributed by atoms with Gasteiger partial charge in [-0.2, -0.15) is 9.29 Å². The lowest BCUT2D eigenvalue weighted by Gasteiger charge is -2.25. The Morgan fingerprint density at radius 3 is 2.47 bits per heavy atom. The fraction of sp³-hybridized carbons (Fsp3) is 0.364. The Hall–Kier alpha value is -3.11. The Morgan fingerprint density at radius 1 is 1.03 bits per heavy atom. The molecule has 0 saturated carbocycles. The second-order valence-electron chi connectivity index (χ2n) is 7.63. The maximum absolute atomic E-state index is 12.7. The van der Waals surface area contributed by atoms with Gasteiger partial charge in [-0.1, -0.05) is 23.7 Å². The highest BCUT2D eigenvalue weighted by Gasteiger charge is 2.25. The summed E-state index contributed by atoms with van der Waals surface area (Å²) in [6.45, 7) is 1.46. The SMILES string of the molecule is O=C(CCc1nc(-c2ccncc2)no1)NCc1ccc(S(=O)(=O)N2CCCCC2)cc1. The van der Waals surface area contributed by atoms with E-state index in [1.165, 1.54) is 0 Å². The summed E-state index contributed by atoms with van der Waals surface area (Å²) in [7, 11) is -3.45. The molecule has 9 nitrogen and oxygen atoms in total. The minimum absolute atomic E-state index is 0.154. The maximum Gasteiger partial charge on any atom is 0.243 e. The van der Waals surface area contributed by atoms with Gasteiger partial charge in [-0.25, -0.2) is 8.42 Å². The molecule has 1 aliphatic rings. The van der Waals surface area contributed by atoms with E-state index in [9.17, 15) is 13.2 Å². The van der Waals surface area contributed by atoms with Crippen LogP contribution in [0, 0.1) is 0 Å². The Kier molecular flexibility index (Phi) is 6.91. The Labute approximate surface area is 186 Å². The molecule has 0 radical (unpaired) electrons. The molecule has 1 aromatic carbocycles. The summed E-state index contributed by atoms with van der Waals surface area (Å²) in [5.41, 5.74) is 1.62. The summed E-state index contributed by atoms with van der Waals surface area (Å²) < 4.78 is 32.2. The highest BCUT2D eigenvalue weighted by atomic mass is 32.2.